The lowest BCUT2D eigenvalue weighted by molar-refractivity contribution is -0.109. The molecule has 168 valence electrons. The summed E-state index contributed by atoms with van der Waals surface area (Å²) >= 11 is 0. The lowest BCUT2D eigenvalue weighted by atomic mass is 10.1. The van der Waals surface area contributed by atoms with Gasteiger partial charge in [-0.05, 0) is 43.0 Å². The molecule has 0 atom stereocenters. The molecule has 6 nitrogen and oxygen atoms in total. The number of aromatic nitrogens is 3. The predicted molar refractivity (Wildman–Crippen MR) is 134 cm³/mol. The molecule has 0 fully saturated rings. The number of nitrogens with zero attached hydrogens (tertiary/aromatic N) is 3. The summed E-state index contributed by atoms with van der Waals surface area (Å²) < 4.78 is 2.21. The molecule has 0 radical (unpaired) electrons. The maximum Gasteiger partial charge on any atom is 0.207 e. The number of allylic oxidation sites excluding steroid dienone is 2. The van der Waals surface area contributed by atoms with Crippen LogP contribution in [0.3, 0.4) is 0 Å². The van der Waals surface area contributed by atoms with E-state index < -0.39 is 0 Å². The molecule has 0 aliphatic rings. The van der Waals surface area contributed by atoms with Crippen LogP contribution in [0.15, 0.2) is 66.1 Å². The largest absolute Gasteiger partial charge is 0.353 e. The highest BCUT2D eigenvalue weighted by Crippen LogP contribution is 2.25. The zero-order valence-electron chi connectivity index (χ0n) is 19.9. The van der Waals surface area contributed by atoms with Crippen molar-refractivity contribution < 1.29 is 4.79 Å². The van der Waals surface area contributed by atoms with Crippen molar-refractivity contribution in [3.63, 3.8) is 0 Å². The SMILES string of the molecule is C=C(CNC=O)N=C/C=C\C.CC.CC.Cc1cc2ccc(-c3cn[nH]c3)cc2n1C. The number of hydrogen-bond donors (Lipinski definition) is 2. The number of carbonyl (C=O) groups is 1. The summed E-state index contributed by atoms with van der Waals surface area (Å²) in [6.45, 7) is 16.0. The van der Waals surface area contributed by atoms with Gasteiger partial charge in [0.25, 0.3) is 0 Å². The van der Waals surface area contributed by atoms with Gasteiger partial charge in [-0.3, -0.25) is 14.9 Å². The third kappa shape index (κ3) is 9.30. The third-order valence-electron chi connectivity index (χ3n) is 4.04. The maximum atomic E-state index is 9.82. The van der Waals surface area contributed by atoms with Gasteiger partial charge in [0, 0.05) is 36.2 Å². The number of aliphatic imine (C=N–C) groups is 1. The lowest BCUT2D eigenvalue weighted by Crippen LogP contribution is -2.12. The van der Waals surface area contributed by atoms with Crippen molar-refractivity contribution in [3.8, 4) is 11.1 Å². The van der Waals surface area contributed by atoms with E-state index in [9.17, 15) is 4.79 Å². The Labute approximate surface area is 186 Å². The van der Waals surface area contributed by atoms with E-state index in [1.54, 1.807) is 12.3 Å². The molecule has 0 bridgehead atoms. The number of carbonyl (C=O) groups excluding carboxylic acids is 1. The number of aromatic amines is 1. The number of aryl methyl sites for hydroxylation is 2. The number of fused-ring (bicyclic) bond motifs is 1. The normalized spacial score (nSPS) is 9.90. The molecule has 3 aromatic rings. The van der Waals surface area contributed by atoms with Crippen molar-refractivity contribution >= 4 is 23.5 Å². The van der Waals surface area contributed by atoms with Gasteiger partial charge in [0.05, 0.1) is 18.4 Å². The zero-order chi connectivity index (χ0) is 23.6. The molecule has 0 spiro atoms. The summed E-state index contributed by atoms with van der Waals surface area (Å²) in [6, 6.07) is 8.69. The fourth-order valence-corrected chi connectivity index (χ4v) is 2.50. The van der Waals surface area contributed by atoms with Crippen molar-refractivity contribution in [2.24, 2.45) is 12.0 Å². The first-order valence-corrected chi connectivity index (χ1v) is 10.6. The Kier molecular flexibility index (Phi) is 14.6. The van der Waals surface area contributed by atoms with Crippen LogP contribution in [0.4, 0.5) is 0 Å². The van der Waals surface area contributed by atoms with Gasteiger partial charge in [0.1, 0.15) is 0 Å². The summed E-state index contributed by atoms with van der Waals surface area (Å²) in [6.07, 6.45) is 9.68. The van der Waals surface area contributed by atoms with E-state index in [0.717, 1.165) is 5.56 Å². The van der Waals surface area contributed by atoms with Crippen LogP contribution >= 0.6 is 0 Å². The molecular formula is C25H37N5O. The Hall–Kier alpha value is -3.41. The van der Waals surface area contributed by atoms with Crippen LogP contribution in [-0.4, -0.2) is 33.9 Å². The Morgan fingerprint density at radius 3 is 2.52 bits per heavy atom. The van der Waals surface area contributed by atoms with Crippen LogP contribution in [0.1, 0.15) is 40.3 Å². The van der Waals surface area contributed by atoms with Gasteiger partial charge in [-0.25, -0.2) is 0 Å². The highest BCUT2D eigenvalue weighted by molar-refractivity contribution is 5.86. The van der Waals surface area contributed by atoms with Crippen molar-refractivity contribution in [2.45, 2.75) is 41.5 Å². The molecular weight excluding hydrogens is 386 g/mol. The van der Waals surface area contributed by atoms with Gasteiger partial charge < -0.3 is 9.88 Å². The van der Waals surface area contributed by atoms with E-state index in [1.165, 1.54) is 22.2 Å². The molecule has 0 aliphatic carbocycles. The second kappa shape index (κ2) is 16.4. The second-order valence-corrected chi connectivity index (χ2v) is 5.97. The van der Waals surface area contributed by atoms with E-state index in [1.807, 2.05) is 53.1 Å². The summed E-state index contributed by atoms with van der Waals surface area (Å²) in [4.78, 5) is 13.7. The smallest absolute Gasteiger partial charge is 0.207 e. The lowest BCUT2D eigenvalue weighted by Gasteiger charge is -2.01. The van der Waals surface area contributed by atoms with Gasteiger partial charge in [-0.15, -0.1) is 0 Å². The van der Waals surface area contributed by atoms with Crippen LogP contribution in [-0.2, 0) is 11.8 Å². The van der Waals surface area contributed by atoms with Gasteiger partial charge in [0.2, 0.25) is 6.41 Å². The van der Waals surface area contributed by atoms with Gasteiger partial charge >= 0.3 is 0 Å². The van der Waals surface area contributed by atoms with Gasteiger partial charge in [-0.1, -0.05) is 52.5 Å². The molecule has 0 saturated heterocycles. The molecule has 1 amide bonds. The highest BCUT2D eigenvalue weighted by atomic mass is 16.1. The van der Waals surface area contributed by atoms with Gasteiger partial charge in [-0.2, -0.15) is 5.10 Å². The zero-order valence-corrected chi connectivity index (χ0v) is 19.9. The van der Waals surface area contributed by atoms with Crippen LogP contribution < -0.4 is 5.32 Å². The molecule has 0 unspecified atom stereocenters. The standard InChI is InChI=1S/C13H13N3.C8H12N2O.2C2H6/c1-9-5-11-4-3-10(6-13(11)16(9)2)12-7-14-15-8-12;1-3-4-5-10-8(2)6-9-7-11;2*1-2/h3-8H,1-2H3,(H,14,15);3-5,7H,2,6H2,1H3,(H,9,11);2*1-2H3/b;4-3-,10-5?;;. The van der Waals surface area contributed by atoms with E-state index in [-0.39, 0.29) is 0 Å². The first-order valence-electron chi connectivity index (χ1n) is 10.6. The molecule has 0 saturated carbocycles. The molecule has 2 N–H and O–H groups in total. The molecule has 0 aliphatic heterocycles. The fraction of sp³-hybridized carbons (Fsp3) is 0.320. The van der Waals surface area contributed by atoms with E-state index in [4.69, 9.17) is 0 Å². The first kappa shape index (κ1) is 27.6. The maximum absolute atomic E-state index is 9.82. The Balaban J connectivity index is 0.000000531. The average molecular weight is 424 g/mol. The molecule has 31 heavy (non-hydrogen) atoms. The van der Waals surface area contributed by atoms with Crippen LogP contribution in [0.25, 0.3) is 22.0 Å². The summed E-state index contributed by atoms with van der Waals surface area (Å²) in [7, 11) is 2.09. The Bertz CT molecular complexity index is 950. The number of amides is 1. The monoisotopic (exact) mass is 423 g/mol. The number of hydrogen-bond acceptors (Lipinski definition) is 3. The summed E-state index contributed by atoms with van der Waals surface area (Å²) in [5, 5.41) is 10.6. The number of H-pyrrole nitrogens is 1. The van der Waals surface area contributed by atoms with Crippen molar-refractivity contribution in [2.75, 3.05) is 6.54 Å². The van der Waals surface area contributed by atoms with Crippen molar-refractivity contribution in [3.05, 3.63) is 66.8 Å². The second-order valence-electron chi connectivity index (χ2n) is 5.97. The van der Waals surface area contributed by atoms with E-state index in [2.05, 4.69) is 69.9 Å². The molecule has 1 aromatic carbocycles. The number of rotatable bonds is 6. The van der Waals surface area contributed by atoms with Crippen LogP contribution in [0, 0.1) is 6.92 Å². The summed E-state index contributed by atoms with van der Waals surface area (Å²) in [5.41, 5.74) is 5.49. The third-order valence-corrected chi connectivity index (χ3v) is 4.04. The van der Waals surface area contributed by atoms with Gasteiger partial charge in [0.15, 0.2) is 0 Å². The van der Waals surface area contributed by atoms with E-state index in [0.29, 0.717) is 18.7 Å². The van der Waals surface area contributed by atoms with Crippen molar-refractivity contribution in [1.29, 1.82) is 0 Å². The fourth-order valence-electron chi connectivity index (χ4n) is 2.50. The molecule has 6 heteroatoms. The quantitative estimate of drug-likeness (QED) is 0.387. The van der Waals surface area contributed by atoms with Crippen LogP contribution in [0.2, 0.25) is 0 Å². The average Bonchev–Trinajstić information content (AvgIpc) is 3.44. The Morgan fingerprint density at radius 1 is 1.23 bits per heavy atom. The molecule has 2 heterocycles. The summed E-state index contributed by atoms with van der Waals surface area (Å²) in [5.74, 6) is 0. The Morgan fingerprint density at radius 2 is 1.94 bits per heavy atom. The first-order chi connectivity index (χ1) is 15.1. The minimum absolute atomic E-state index is 0.400. The number of nitrogens with one attached hydrogen (secondary N) is 2. The minimum atomic E-state index is 0.400. The molecule has 2 aromatic heterocycles. The number of benzene rings is 1. The van der Waals surface area contributed by atoms with Crippen molar-refractivity contribution in [1.82, 2.24) is 20.1 Å². The minimum Gasteiger partial charge on any atom is -0.353 e. The van der Waals surface area contributed by atoms with Crippen LogP contribution in [0.5, 0.6) is 0 Å². The predicted octanol–water partition coefficient (Wildman–Crippen LogP) is 5.82. The molecule has 3 rings (SSSR count). The highest BCUT2D eigenvalue weighted by Gasteiger charge is 2.05. The van der Waals surface area contributed by atoms with E-state index >= 15 is 0 Å². The topological polar surface area (TPSA) is 75.1 Å².